The van der Waals surface area contributed by atoms with Crippen molar-refractivity contribution in [1.82, 2.24) is 0 Å². The van der Waals surface area contributed by atoms with Gasteiger partial charge in [-0.2, -0.15) is 0 Å². The third-order valence-electron chi connectivity index (χ3n) is 7.85. The lowest BCUT2D eigenvalue weighted by molar-refractivity contribution is 0.0309. The zero-order valence-corrected chi connectivity index (χ0v) is 14.9. The standard InChI is InChI=1S/C24H24O2/c25-24(20-7-3-5-14-4-1-2-6-19(14)20)26-13-18-11-17-12-21(18)23-16-9-8-15(10-16)22(17)23/h1-9,15-18,21-23H,10-13H2. The van der Waals surface area contributed by atoms with Crippen molar-refractivity contribution in [2.45, 2.75) is 19.3 Å². The Hall–Kier alpha value is -2.09. The summed E-state index contributed by atoms with van der Waals surface area (Å²) in [5, 5.41) is 2.09. The van der Waals surface area contributed by atoms with Gasteiger partial charge in [-0.15, -0.1) is 0 Å². The van der Waals surface area contributed by atoms with Gasteiger partial charge in [0.25, 0.3) is 0 Å². The van der Waals surface area contributed by atoms with Crippen LogP contribution in [0.2, 0.25) is 0 Å². The molecule has 0 radical (unpaired) electrons. The molecule has 7 atom stereocenters. The normalized spacial score (nSPS) is 38.8. The van der Waals surface area contributed by atoms with E-state index in [9.17, 15) is 4.79 Å². The maximum absolute atomic E-state index is 12.7. The average molecular weight is 344 g/mol. The number of rotatable bonds is 3. The molecule has 26 heavy (non-hydrogen) atoms. The second-order valence-corrected chi connectivity index (χ2v) is 8.88. The fraction of sp³-hybridized carbons (Fsp3) is 0.458. The van der Waals surface area contributed by atoms with Crippen molar-refractivity contribution in [2.75, 3.05) is 6.61 Å². The van der Waals surface area contributed by atoms with Gasteiger partial charge in [0.1, 0.15) is 0 Å². The molecule has 3 fully saturated rings. The summed E-state index contributed by atoms with van der Waals surface area (Å²) < 4.78 is 5.84. The first kappa shape index (κ1) is 15.0. The SMILES string of the molecule is O=C(OCC1CC2CC1C1C3C=CC(C3)C21)c1cccc2ccccc12. The minimum absolute atomic E-state index is 0.158. The van der Waals surface area contributed by atoms with Crippen LogP contribution in [-0.4, -0.2) is 12.6 Å². The first-order chi connectivity index (χ1) is 12.8. The molecule has 4 aliphatic rings. The molecule has 6 rings (SSSR count). The van der Waals surface area contributed by atoms with E-state index in [-0.39, 0.29) is 5.97 Å². The van der Waals surface area contributed by atoms with Crippen LogP contribution in [0, 0.1) is 41.4 Å². The zero-order valence-electron chi connectivity index (χ0n) is 14.9. The van der Waals surface area contributed by atoms with E-state index in [1.807, 2.05) is 42.5 Å². The Balaban J connectivity index is 1.18. The first-order valence-corrected chi connectivity index (χ1v) is 10.1. The summed E-state index contributed by atoms with van der Waals surface area (Å²) in [6.07, 6.45) is 9.00. The summed E-state index contributed by atoms with van der Waals surface area (Å²) in [5.41, 5.74) is 0.701. The van der Waals surface area contributed by atoms with Crippen LogP contribution in [0.3, 0.4) is 0 Å². The monoisotopic (exact) mass is 344 g/mol. The van der Waals surface area contributed by atoms with Gasteiger partial charge in [-0.3, -0.25) is 0 Å². The lowest BCUT2D eigenvalue weighted by atomic mass is 9.69. The number of hydrogen-bond donors (Lipinski definition) is 0. The summed E-state index contributed by atoms with van der Waals surface area (Å²) in [7, 11) is 0. The third-order valence-corrected chi connectivity index (χ3v) is 7.85. The minimum Gasteiger partial charge on any atom is -0.462 e. The highest BCUT2D eigenvalue weighted by atomic mass is 16.5. The average Bonchev–Trinajstić information content (AvgIpc) is 3.44. The molecule has 3 saturated carbocycles. The Bertz CT molecular complexity index is 908. The molecule has 2 aromatic carbocycles. The number of ether oxygens (including phenoxy) is 1. The van der Waals surface area contributed by atoms with Crippen LogP contribution >= 0.6 is 0 Å². The molecule has 0 spiro atoms. The number of carbonyl (C=O) groups excluding carboxylic acids is 1. The highest BCUT2D eigenvalue weighted by Gasteiger charge is 2.60. The maximum atomic E-state index is 12.7. The topological polar surface area (TPSA) is 26.3 Å². The molecule has 0 N–H and O–H groups in total. The van der Waals surface area contributed by atoms with Gasteiger partial charge in [0, 0.05) is 0 Å². The fourth-order valence-electron chi connectivity index (χ4n) is 7.01. The van der Waals surface area contributed by atoms with Gasteiger partial charge in [-0.05, 0) is 77.5 Å². The molecule has 0 amide bonds. The van der Waals surface area contributed by atoms with Crippen LogP contribution in [0.5, 0.6) is 0 Å². The lowest BCUT2D eigenvalue weighted by Gasteiger charge is -2.36. The van der Waals surface area contributed by atoms with Gasteiger partial charge < -0.3 is 4.74 Å². The Morgan fingerprint density at radius 1 is 0.923 bits per heavy atom. The highest BCUT2D eigenvalue weighted by molar-refractivity contribution is 6.04. The maximum Gasteiger partial charge on any atom is 0.338 e. The smallest absolute Gasteiger partial charge is 0.338 e. The zero-order chi connectivity index (χ0) is 17.3. The van der Waals surface area contributed by atoms with Crippen LogP contribution in [0.4, 0.5) is 0 Å². The largest absolute Gasteiger partial charge is 0.462 e. The second-order valence-electron chi connectivity index (χ2n) is 8.88. The summed E-state index contributed by atoms with van der Waals surface area (Å²) >= 11 is 0. The molecule has 2 nitrogen and oxygen atoms in total. The van der Waals surface area contributed by atoms with Crippen molar-refractivity contribution < 1.29 is 9.53 Å². The van der Waals surface area contributed by atoms with Crippen molar-refractivity contribution in [3.05, 3.63) is 60.2 Å². The molecule has 7 unspecified atom stereocenters. The van der Waals surface area contributed by atoms with Crippen LogP contribution in [0.1, 0.15) is 29.6 Å². The van der Waals surface area contributed by atoms with Gasteiger partial charge in [0.05, 0.1) is 12.2 Å². The fourth-order valence-corrected chi connectivity index (χ4v) is 7.01. The Kier molecular flexibility index (Phi) is 3.15. The van der Waals surface area contributed by atoms with Gasteiger partial charge in [-0.25, -0.2) is 4.79 Å². The van der Waals surface area contributed by atoms with Gasteiger partial charge in [0.15, 0.2) is 0 Å². The lowest BCUT2D eigenvalue weighted by Crippen LogP contribution is -2.33. The number of hydrogen-bond acceptors (Lipinski definition) is 2. The van der Waals surface area contributed by atoms with Crippen LogP contribution in [0.25, 0.3) is 10.8 Å². The van der Waals surface area contributed by atoms with E-state index in [2.05, 4.69) is 12.2 Å². The van der Waals surface area contributed by atoms with Gasteiger partial charge >= 0.3 is 5.97 Å². The molecule has 0 aromatic heterocycles. The number of carbonyl (C=O) groups is 1. The molecule has 4 aliphatic carbocycles. The summed E-state index contributed by atoms with van der Waals surface area (Å²) in [6, 6.07) is 13.9. The van der Waals surface area contributed by atoms with E-state index < -0.39 is 0 Å². The number of fused-ring (bicyclic) bond motifs is 10. The van der Waals surface area contributed by atoms with E-state index >= 15 is 0 Å². The number of esters is 1. The second kappa shape index (κ2) is 5.45. The number of allylic oxidation sites excluding steroid dienone is 2. The quantitative estimate of drug-likeness (QED) is 0.440. The molecule has 0 aliphatic heterocycles. The Morgan fingerprint density at radius 3 is 2.65 bits per heavy atom. The van der Waals surface area contributed by atoms with E-state index in [1.165, 1.54) is 19.3 Å². The van der Waals surface area contributed by atoms with Crippen molar-refractivity contribution >= 4 is 16.7 Å². The molecule has 0 saturated heterocycles. The van der Waals surface area contributed by atoms with Crippen molar-refractivity contribution in [3.8, 4) is 0 Å². The van der Waals surface area contributed by atoms with Crippen LogP contribution in [0.15, 0.2) is 54.6 Å². The first-order valence-electron chi connectivity index (χ1n) is 10.1. The Morgan fingerprint density at radius 2 is 1.73 bits per heavy atom. The summed E-state index contributed by atoms with van der Waals surface area (Å²) in [6.45, 7) is 0.605. The highest BCUT2D eigenvalue weighted by Crippen LogP contribution is 2.66. The number of benzene rings is 2. The summed E-state index contributed by atoms with van der Waals surface area (Å²) in [4.78, 5) is 12.7. The Labute approximate surface area is 154 Å². The van der Waals surface area contributed by atoms with Crippen molar-refractivity contribution in [3.63, 3.8) is 0 Å². The predicted molar refractivity (Wildman–Crippen MR) is 102 cm³/mol. The molecule has 0 heterocycles. The molecule has 4 bridgehead atoms. The van der Waals surface area contributed by atoms with E-state index in [0.29, 0.717) is 18.1 Å². The predicted octanol–water partition coefficient (Wildman–Crippen LogP) is 5.09. The van der Waals surface area contributed by atoms with Gasteiger partial charge in [0.2, 0.25) is 0 Å². The summed E-state index contributed by atoms with van der Waals surface area (Å²) in [5.74, 6) is 5.58. The van der Waals surface area contributed by atoms with Crippen LogP contribution < -0.4 is 0 Å². The van der Waals surface area contributed by atoms with Crippen molar-refractivity contribution in [1.29, 1.82) is 0 Å². The van der Waals surface area contributed by atoms with E-state index in [1.54, 1.807) is 0 Å². The minimum atomic E-state index is -0.158. The molecule has 2 heteroatoms. The van der Waals surface area contributed by atoms with E-state index in [0.717, 1.165) is 46.3 Å². The molecular formula is C24H24O2. The third kappa shape index (κ3) is 2.02. The molecular weight excluding hydrogens is 320 g/mol. The molecule has 132 valence electrons. The van der Waals surface area contributed by atoms with Crippen molar-refractivity contribution in [2.24, 2.45) is 41.4 Å². The van der Waals surface area contributed by atoms with Crippen LogP contribution in [-0.2, 0) is 4.74 Å². The van der Waals surface area contributed by atoms with E-state index in [4.69, 9.17) is 4.74 Å². The molecule has 2 aromatic rings. The van der Waals surface area contributed by atoms with Gasteiger partial charge in [-0.1, -0.05) is 48.6 Å².